The molecule has 0 aliphatic carbocycles. The normalized spacial score (nSPS) is 10.8. The summed E-state index contributed by atoms with van der Waals surface area (Å²) >= 11 is 0. The highest BCUT2D eigenvalue weighted by molar-refractivity contribution is 6.04. The molecular weight excluding hydrogens is 347 g/mol. The molecule has 0 atom stereocenters. The van der Waals surface area contributed by atoms with E-state index in [1.165, 1.54) is 18.2 Å². The Kier molecular flexibility index (Phi) is 5.72. The van der Waals surface area contributed by atoms with Gasteiger partial charge in [0.25, 0.3) is 5.91 Å². The summed E-state index contributed by atoms with van der Waals surface area (Å²) in [6.45, 7) is -1.49. The van der Waals surface area contributed by atoms with E-state index in [9.17, 15) is 18.0 Å². The molecule has 0 saturated carbocycles. The van der Waals surface area contributed by atoms with Gasteiger partial charge in [-0.15, -0.1) is 0 Å². The standard InChI is InChI=1S/C18H16F3N3O2/c1-24(2)15-6-3-12(4-7-15)17(25)23-14-5-8-16(13(9-14)10-22)26-11-18(19,20)21/h3-9H,11H2,1-2H3,(H,23,25). The van der Waals surface area contributed by atoms with Crippen molar-refractivity contribution in [2.75, 3.05) is 30.9 Å². The Morgan fingerprint density at radius 1 is 1.19 bits per heavy atom. The van der Waals surface area contributed by atoms with Crippen LogP contribution in [0.3, 0.4) is 0 Å². The van der Waals surface area contributed by atoms with Crippen molar-refractivity contribution >= 4 is 17.3 Å². The molecule has 0 radical (unpaired) electrons. The van der Waals surface area contributed by atoms with Crippen LogP contribution in [0, 0.1) is 11.3 Å². The molecular formula is C18H16F3N3O2. The smallest absolute Gasteiger partial charge is 0.422 e. The number of ether oxygens (including phenoxy) is 1. The van der Waals surface area contributed by atoms with E-state index >= 15 is 0 Å². The Morgan fingerprint density at radius 2 is 1.85 bits per heavy atom. The van der Waals surface area contributed by atoms with Crippen LogP contribution in [0.2, 0.25) is 0 Å². The molecule has 0 spiro atoms. The van der Waals surface area contributed by atoms with Crippen LogP contribution in [0.25, 0.3) is 0 Å². The summed E-state index contributed by atoms with van der Waals surface area (Å²) in [5.74, 6) is -0.596. The van der Waals surface area contributed by atoms with Crippen molar-refractivity contribution in [1.82, 2.24) is 0 Å². The SMILES string of the molecule is CN(C)c1ccc(C(=O)Nc2ccc(OCC(F)(F)F)c(C#N)c2)cc1. The largest absolute Gasteiger partial charge is 0.483 e. The quantitative estimate of drug-likeness (QED) is 0.877. The van der Waals surface area contributed by atoms with Crippen LogP contribution in [0.15, 0.2) is 42.5 Å². The molecule has 0 fully saturated rings. The van der Waals surface area contributed by atoms with E-state index in [4.69, 9.17) is 5.26 Å². The lowest BCUT2D eigenvalue weighted by molar-refractivity contribution is -0.153. The molecule has 5 nitrogen and oxygen atoms in total. The molecule has 2 aromatic rings. The molecule has 26 heavy (non-hydrogen) atoms. The number of rotatable bonds is 5. The van der Waals surface area contributed by atoms with Crippen LogP contribution in [-0.4, -0.2) is 32.8 Å². The van der Waals surface area contributed by atoms with Crippen LogP contribution in [0.4, 0.5) is 24.5 Å². The Morgan fingerprint density at radius 3 is 2.38 bits per heavy atom. The van der Waals surface area contributed by atoms with Gasteiger partial charge in [0, 0.05) is 31.0 Å². The summed E-state index contributed by atoms with van der Waals surface area (Å²) in [5, 5.41) is 11.7. The molecule has 2 aromatic carbocycles. The molecule has 8 heteroatoms. The van der Waals surface area contributed by atoms with Crippen molar-refractivity contribution in [3.63, 3.8) is 0 Å². The Labute approximate surface area is 148 Å². The van der Waals surface area contributed by atoms with Crippen molar-refractivity contribution in [3.05, 3.63) is 53.6 Å². The predicted octanol–water partition coefficient (Wildman–Crippen LogP) is 3.82. The summed E-state index contributed by atoms with van der Waals surface area (Å²) in [6, 6.07) is 12.5. The first-order chi connectivity index (χ1) is 12.2. The second-order valence-electron chi connectivity index (χ2n) is 5.62. The van der Waals surface area contributed by atoms with E-state index in [1.807, 2.05) is 19.0 Å². The Bertz CT molecular complexity index is 825. The van der Waals surface area contributed by atoms with Gasteiger partial charge in [0.05, 0.1) is 5.56 Å². The van der Waals surface area contributed by atoms with Gasteiger partial charge in [0.2, 0.25) is 0 Å². The molecule has 0 aliphatic rings. The number of nitriles is 1. The van der Waals surface area contributed by atoms with E-state index < -0.39 is 18.7 Å². The molecule has 0 aromatic heterocycles. The van der Waals surface area contributed by atoms with E-state index in [0.29, 0.717) is 5.56 Å². The van der Waals surface area contributed by atoms with Gasteiger partial charge in [0.1, 0.15) is 11.8 Å². The number of hydrogen-bond acceptors (Lipinski definition) is 4. The first-order valence-corrected chi connectivity index (χ1v) is 7.52. The van der Waals surface area contributed by atoms with Crippen LogP contribution >= 0.6 is 0 Å². The van der Waals surface area contributed by atoms with E-state index in [0.717, 1.165) is 5.69 Å². The highest BCUT2D eigenvalue weighted by Gasteiger charge is 2.28. The topological polar surface area (TPSA) is 65.4 Å². The highest BCUT2D eigenvalue weighted by Crippen LogP contribution is 2.25. The minimum atomic E-state index is -4.50. The minimum absolute atomic E-state index is 0.102. The van der Waals surface area contributed by atoms with Gasteiger partial charge in [-0.05, 0) is 42.5 Å². The first kappa shape index (κ1) is 19.1. The van der Waals surface area contributed by atoms with Crippen molar-refractivity contribution in [2.24, 2.45) is 0 Å². The van der Waals surface area contributed by atoms with Crippen molar-refractivity contribution in [2.45, 2.75) is 6.18 Å². The van der Waals surface area contributed by atoms with Crippen LogP contribution < -0.4 is 15.0 Å². The van der Waals surface area contributed by atoms with Crippen LogP contribution in [-0.2, 0) is 0 Å². The third-order valence-electron chi connectivity index (χ3n) is 3.40. The number of halogens is 3. The number of hydrogen-bond donors (Lipinski definition) is 1. The second kappa shape index (κ2) is 7.78. The summed E-state index contributed by atoms with van der Waals surface area (Å²) < 4.78 is 41.3. The van der Waals surface area contributed by atoms with E-state index in [2.05, 4.69) is 10.1 Å². The first-order valence-electron chi connectivity index (χ1n) is 7.52. The fourth-order valence-electron chi connectivity index (χ4n) is 2.09. The maximum atomic E-state index is 12.2. The number of nitrogens with zero attached hydrogens (tertiary/aromatic N) is 2. The summed E-state index contributed by atoms with van der Waals surface area (Å²) in [5.41, 5.74) is 1.52. The lowest BCUT2D eigenvalue weighted by Gasteiger charge is -2.13. The third kappa shape index (κ3) is 5.14. The van der Waals surface area contributed by atoms with Gasteiger partial charge in [-0.25, -0.2) is 0 Å². The zero-order chi connectivity index (χ0) is 19.3. The number of carbonyl (C=O) groups is 1. The fourth-order valence-corrected chi connectivity index (χ4v) is 2.09. The molecule has 0 aliphatic heterocycles. The molecule has 2 rings (SSSR count). The summed E-state index contributed by atoms with van der Waals surface area (Å²) in [7, 11) is 3.75. The lowest BCUT2D eigenvalue weighted by Crippen LogP contribution is -2.19. The van der Waals surface area contributed by atoms with Gasteiger partial charge in [-0.3, -0.25) is 4.79 Å². The zero-order valence-electron chi connectivity index (χ0n) is 14.1. The zero-order valence-corrected chi connectivity index (χ0v) is 14.1. The number of anilines is 2. The Balaban J connectivity index is 2.11. The van der Waals surface area contributed by atoms with Crippen molar-refractivity contribution in [1.29, 1.82) is 5.26 Å². The molecule has 0 bridgehead atoms. The van der Waals surface area contributed by atoms with Gasteiger partial charge in [-0.1, -0.05) is 0 Å². The second-order valence-corrected chi connectivity index (χ2v) is 5.62. The number of amides is 1. The van der Waals surface area contributed by atoms with Gasteiger partial charge in [-0.2, -0.15) is 18.4 Å². The van der Waals surface area contributed by atoms with E-state index in [1.54, 1.807) is 30.3 Å². The summed E-state index contributed by atoms with van der Waals surface area (Å²) in [6.07, 6.45) is -4.50. The molecule has 0 saturated heterocycles. The number of benzene rings is 2. The van der Waals surface area contributed by atoms with Gasteiger partial charge < -0.3 is 15.0 Å². The number of nitrogens with one attached hydrogen (secondary N) is 1. The minimum Gasteiger partial charge on any atom is -0.483 e. The van der Waals surface area contributed by atoms with Crippen LogP contribution in [0.1, 0.15) is 15.9 Å². The van der Waals surface area contributed by atoms with Gasteiger partial charge >= 0.3 is 6.18 Å². The average molecular weight is 363 g/mol. The predicted molar refractivity (Wildman–Crippen MR) is 91.4 cm³/mol. The van der Waals surface area contributed by atoms with Crippen molar-refractivity contribution in [3.8, 4) is 11.8 Å². The summed E-state index contributed by atoms with van der Waals surface area (Å²) in [4.78, 5) is 14.1. The van der Waals surface area contributed by atoms with Crippen LogP contribution in [0.5, 0.6) is 5.75 Å². The molecule has 1 amide bonds. The monoisotopic (exact) mass is 363 g/mol. The number of carbonyl (C=O) groups excluding carboxylic acids is 1. The molecule has 0 unspecified atom stereocenters. The molecule has 136 valence electrons. The maximum absolute atomic E-state index is 12.2. The molecule has 1 N–H and O–H groups in total. The van der Waals surface area contributed by atoms with E-state index in [-0.39, 0.29) is 17.0 Å². The fraction of sp³-hybridized carbons (Fsp3) is 0.222. The highest BCUT2D eigenvalue weighted by atomic mass is 19.4. The third-order valence-corrected chi connectivity index (χ3v) is 3.40. The molecule has 0 heterocycles. The lowest BCUT2D eigenvalue weighted by atomic mass is 10.1. The number of alkyl halides is 3. The van der Waals surface area contributed by atoms with Crippen molar-refractivity contribution < 1.29 is 22.7 Å². The van der Waals surface area contributed by atoms with Gasteiger partial charge in [0.15, 0.2) is 6.61 Å². The maximum Gasteiger partial charge on any atom is 0.422 e. The Hall–Kier alpha value is -3.21. The average Bonchev–Trinajstić information content (AvgIpc) is 2.59.